The van der Waals surface area contributed by atoms with E-state index in [-0.39, 0.29) is 5.82 Å². The predicted molar refractivity (Wildman–Crippen MR) is 78.3 cm³/mol. The van der Waals surface area contributed by atoms with E-state index in [2.05, 4.69) is 12.2 Å². The van der Waals surface area contributed by atoms with Gasteiger partial charge >= 0.3 is 0 Å². The normalized spacial score (nSPS) is 10.7. The van der Waals surface area contributed by atoms with Crippen molar-refractivity contribution in [3.05, 3.63) is 29.6 Å². The van der Waals surface area contributed by atoms with E-state index in [0.717, 1.165) is 31.5 Å². The topological polar surface area (TPSA) is 21.3 Å². The zero-order chi connectivity index (χ0) is 13.9. The summed E-state index contributed by atoms with van der Waals surface area (Å²) in [7, 11) is 1.49. The first-order valence-electron chi connectivity index (χ1n) is 7.31. The fraction of sp³-hybridized carbons (Fsp3) is 0.625. The molecule has 0 bridgehead atoms. The van der Waals surface area contributed by atoms with Crippen LogP contribution in [-0.2, 0) is 6.42 Å². The Morgan fingerprint density at radius 2 is 1.89 bits per heavy atom. The van der Waals surface area contributed by atoms with E-state index in [0.29, 0.717) is 5.75 Å². The van der Waals surface area contributed by atoms with Gasteiger partial charge in [0, 0.05) is 0 Å². The van der Waals surface area contributed by atoms with Crippen LogP contribution < -0.4 is 10.1 Å². The second kappa shape index (κ2) is 9.79. The zero-order valence-electron chi connectivity index (χ0n) is 12.2. The molecule has 0 aliphatic heterocycles. The first-order valence-corrected chi connectivity index (χ1v) is 7.31. The number of hydrogen-bond donors (Lipinski definition) is 1. The molecule has 1 aromatic rings. The van der Waals surface area contributed by atoms with Crippen molar-refractivity contribution in [2.45, 2.75) is 45.4 Å². The van der Waals surface area contributed by atoms with Gasteiger partial charge < -0.3 is 10.1 Å². The van der Waals surface area contributed by atoms with Gasteiger partial charge in [-0.05, 0) is 56.5 Å². The van der Waals surface area contributed by atoms with Gasteiger partial charge in [-0.25, -0.2) is 4.39 Å². The molecule has 19 heavy (non-hydrogen) atoms. The van der Waals surface area contributed by atoms with Crippen LogP contribution in [-0.4, -0.2) is 20.2 Å². The molecule has 0 aliphatic rings. The smallest absolute Gasteiger partial charge is 0.165 e. The monoisotopic (exact) mass is 267 g/mol. The number of rotatable bonds is 10. The lowest BCUT2D eigenvalue weighted by atomic mass is 10.1. The third-order valence-electron chi connectivity index (χ3n) is 3.21. The highest BCUT2D eigenvalue weighted by Gasteiger charge is 2.03. The van der Waals surface area contributed by atoms with Gasteiger partial charge in [-0.3, -0.25) is 0 Å². The minimum atomic E-state index is -0.260. The Bertz CT molecular complexity index is 355. The van der Waals surface area contributed by atoms with Gasteiger partial charge in [0.2, 0.25) is 0 Å². The van der Waals surface area contributed by atoms with Gasteiger partial charge in [-0.15, -0.1) is 0 Å². The van der Waals surface area contributed by atoms with Crippen LogP contribution in [0.15, 0.2) is 18.2 Å². The zero-order valence-corrected chi connectivity index (χ0v) is 12.2. The maximum Gasteiger partial charge on any atom is 0.165 e. The van der Waals surface area contributed by atoms with E-state index in [9.17, 15) is 4.39 Å². The number of nitrogens with one attached hydrogen (secondary N) is 1. The Morgan fingerprint density at radius 3 is 2.58 bits per heavy atom. The summed E-state index contributed by atoms with van der Waals surface area (Å²) in [5, 5.41) is 3.40. The van der Waals surface area contributed by atoms with Crippen molar-refractivity contribution < 1.29 is 9.13 Å². The minimum Gasteiger partial charge on any atom is -0.494 e. The fourth-order valence-electron chi connectivity index (χ4n) is 2.10. The number of methoxy groups -OCH3 is 1. The molecule has 0 radical (unpaired) electrons. The lowest BCUT2D eigenvalue weighted by Crippen LogP contribution is -2.15. The van der Waals surface area contributed by atoms with Crippen molar-refractivity contribution in [3.63, 3.8) is 0 Å². The van der Waals surface area contributed by atoms with Gasteiger partial charge in [0.05, 0.1) is 7.11 Å². The average Bonchev–Trinajstić information content (AvgIpc) is 2.42. The van der Waals surface area contributed by atoms with Crippen molar-refractivity contribution in [2.75, 3.05) is 20.2 Å². The Morgan fingerprint density at radius 1 is 1.11 bits per heavy atom. The quantitative estimate of drug-likeness (QED) is 0.648. The fourth-order valence-corrected chi connectivity index (χ4v) is 2.10. The number of ether oxygens (including phenoxy) is 1. The lowest BCUT2D eigenvalue weighted by Gasteiger charge is -2.06. The molecule has 0 amide bonds. The standard InChI is InChI=1S/C16H26FNO/c1-3-11-18-12-7-5-4-6-8-14-9-10-16(19-2)15(17)13-14/h9-10,13,18H,3-8,11-12H2,1-2H3. The van der Waals surface area contributed by atoms with Gasteiger partial charge in [0.25, 0.3) is 0 Å². The van der Waals surface area contributed by atoms with E-state index in [1.54, 1.807) is 12.1 Å². The molecule has 0 saturated carbocycles. The highest BCUT2D eigenvalue weighted by atomic mass is 19.1. The van der Waals surface area contributed by atoms with E-state index < -0.39 is 0 Å². The van der Waals surface area contributed by atoms with E-state index in [1.807, 2.05) is 6.07 Å². The molecule has 0 saturated heterocycles. The number of hydrogen-bond acceptors (Lipinski definition) is 2. The molecule has 0 heterocycles. The molecule has 108 valence electrons. The van der Waals surface area contributed by atoms with Crippen LogP contribution in [0.5, 0.6) is 5.75 Å². The highest BCUT2D eigenvalue weighted by molar-refractivity contribution is 5.29. The third kappa shape index (κ3) is 6.58. The van der Waals surface area contributed by atoms with Crippen molar-refractivity contribution in [2.24, 2.45) is 0 Å². The number of benzene rings is 1. The molecule has 1 aromatic carbocycles. The van der Waals surface area contributed by atoms with Crippen LogP contribution in [0.2, 0.25) is 0 Å². The van der Waals surface area contributed by atoms with Crippen LogP contribution in [0.25, 0.3) is 0 Å². The molecule has 3 heteroatoms. The summed E-state index contributed by atoms with van der Waals surface area (Å²) in [6.07, 6.45) is 6.96. The Labute approximate surface area is 116 Å². The van der Waals surface area contributed by atoms with Crippen molar-refractivity contribution >= 4 is 0 Å². The van der Waals surface area contributed by atoms with Crippen LogP contribution in [0, 0.1) is 5.82 Å². The number of unbranched alkanes of at least 4 members (excludes halogenated alkanes) is 3. The highest BCUT2D eigenvalue weighted by Crippen LogP contribution is 2.19. The molecule has 0 spiro atoms. The second-order valence-corrected chi connectivity index (χ2v) is 4.88. The van der Waals surface area contributed by atoms with Crippen molar-refractivity contribution in [3.8, 4) is 5.75 Å². The second-order valence-electron chi connectivity index (χ2n) is 4.88. The molecule has 0 fully saturated rings. The predicted octanol–water partition coefficient (Wildman–Crippen LogP) is 3.94. The molecule has 0 atom stereocenters. The molecule has 1 rings (SSSR count). The van der Waals surface area contributed by atoms with E-state index >= 15 is 0 Å². The number of halogens is 1. The first-order chi connectivity index (χ1) is 9.27. The summed E-state index contributed by atoms with van der Waals surface area (Å²) in [6, 6.07) is 5.24. The molecule has 0 aromatic heterocycles. The summed E-state index contributed by atoms with van der Waals surface area (Å²) in [5.41, 5.74) is 1.06. The first kappa shape index (κ1) is 16.0. The lowest BCUT2D eigenvalue weighted by molar-refractivity contribution is 0.386. The maximum absolute atomic E-state index is 13.5. The molecule has 0 aliphatic carbocycles. The van der Waals surface area contributed by atoms with E-state index in [4.69, 9.17) is 4.74 Å². The summed E-state index contributed by atoms with van der Waals surface area (Å²) < 4.78 is 18.4. The number of aryl methyl sites for hydroxylation is 1. The van der Waals surface area contributed by atoms with Gasteiger partial charge in [0.1, 0.15) is 0 Å². The Hall–Kier alpha value is -1.09. The Kier molecular flexibility index (Phi) is 8.23. The molecule has 0 unspecified atom stereocenters. The maximum atomic E-state index is 13.5. The average molecular weight is 267 g/mol. The molecular weight excluding hydrogens is 241 g/mol. The third-order valence-corrected chi connectivity index (χ3v) is 3.21. The molecule has 1 N–H and O–H groups in total. The SMILES string of the molecule is CCCNCCCCCCc1ccc(OC)c(F)c1. The van der Waals surface area contributed by atoms with Gasteiger partial charge in [0.15, 0.2) is 11.6 Å². The summed E-state index contributed by atoms with van der Waals surface area (Å²) >= 11 is 0. The van der Waals surface area contributed by atoms with E-state index in [1.165, 1.54) is 32.8 Å². The van der Waals surface area contributed by atoms with Crippen LogP contribution in [0.1, 0.15) is 44.6 Å². The van der Waals surface area contributed by atoms with Gasteiger partial charge in [-0.1, -0.05) is 25.8 Å². The largest absolute Gasteiger partial charge is 0.494 e. The van der Waals surface area contributed by atoms with Crippen LogP contribution >= 0.6 is 0 Å². The summed E-state index contributed by atoms with van der Waals surface area (Å²) in [4.78, 5) is 0. The van der Waals surface area contributed by atoms with Gasteiger partial charge in [-0.2, -0.15) is 0 Å². The molecule has 2 nitrogen and oxygen atoms in total. The molecular formula is C16H26FNO. The Balaban J connectivity index is 2.11. The summed E-state index contributed by atoms with van der Waals surface area (Å²) in [6.45, 7) is 4.41. The minimum absolute atomic E-state index is 0.260. The van der Waals surface area contributed by atoms with Crippen molar-refractivity contribution in [1.82, 2.24) is 5.32 Å². The van der Waals surface area contributed by atoms with Crippen molar-refractivity contribution in [1.29, 1.82) is 0 Å². The summed E-state index contributed by atoms with van der Waals surface area (Å²) in [5.74, 6) is 0.0644. The van der Waals surface area contributed by atoms with Crippen LogP contribution in [0.4, 0.5) is 4.39 Å². The van der Waals surface area contributed by atoms with Crippen LogP contribution in [0.3, 0.4) is 0 Å².